The Morgan fingerprint density at radius 1 is 1.26 bits per heavy atom. The van der Waals surface area contributed by atoms with Crippen LogP contribution in [0.1, 0.15) is 12.1 Å². The van der Waals surface area contributed by atoms with Gasteiger partial charge in [-0.2, -0.15) is 0 Å². The van der Waals surface area contributed by atoms with Crippen molar-refractivity contribution in [1.29, 1.82) is 0 Å². The maximum absolute atomic E-state index is 10.8. The van der Waals surface area contributed by atoms with Gasteiger partial charge in [0.15, 0.2) is 6.20 Å². The highest BCUT2D eigenvalue weighted by Crippen LogP contribution is 2.26. The second-order valence-electron chi connectivity index (χ2n) is 4.73. The molecule has 0 aliphatic rings. The van der Waals surface area contributed by atoms with Crippen molar-refractivity contribution >= 4 is 27.8 Å². The molecule has 0 spiro atoms. The molecule has 19 heavy (non-hydrogen) atoms. The summed E-state index contributed by atoms with van der Waals surface area (Å²) in [5.41, 5.74) is 3.14. The van der Waals surface area contributed by atoms with E-state index in [1.165, 1.54) is 5.39 Å². The summed E-state index contributed by atoms with van der Waals surface area (Å²) in [5, 5.41) is 11.2. The lowest BCUT2D eigenvalue weighted by Gasteiger charge is -2.00. The number of benzene rings is 1. The molecule has 3 aromatic rings. The van der Waals surface area contributed by atoms with Crippen LogP contribution in [0.5, 0.6) is 0 Å². The molecule has 4 heteroatoms. The summed E-state index contributed by atoms with van der Waals surface area (Å²) in [4.78, 5) is 14.2. The van der Waals surface area contributed by atoms with E-state index in [9.17, 15) is 4.79 Å². The van der Waals surface area contributed by atoms with Crippen LogP contribution in [0.3, 0.4) is 0 Å². The summed E-state index contributed by atoms with van der Waals surface area (Å²) < 4.78 is 1.99. The molecular formula is C15H15N2O2+. The van der Waals surface area contributed by atoms with E-state index in [0.29, 0.717) is 6.42 Å². The smallest absolute Gasteiger partial charge is 0.303 e. The molecule has 0 saturated heterocycles. The topological polar surface area (TPSA) is 57.0 Å². The van der Waals surface area contributed by atoms with Crippen LogP contribution in [0.25, 0.3) is 21.8 Å². The largest absolute Gasteiger partial charge is 0.481 e. The second kappa shape index (κ2) is 4.39. The van der Waals surface area contributed by atoms with Crippen molar-refractivity contribution in [2.24, 2.45) is 7.05 Å². The number of para-hydroxylation sites is 1. The maximum Gasteiger partial charge on any atom is 0.303 e. The summed E-state index contributed by atoms with van der Waals surface area (Å²) in [7, 11) is 1.95. The number of aryl methyl sites for hydroxylation is 2. The number of hydrogen-bond donors (Lipinski definition) is 2. The number of carboxylic acid groups (broad SMARTS) is 1. The summed E-state index contributed by atoms with van der Waals surface area (Å²) in [5.74, 6) is -0.770. The van der Waals surface area contributed by atoms with E-state index < -0.39 is 5.97 Å². The van der Waals surface area contributed by atoms with Crippen LogP contribution < -0.4 is 4.57 Å². The molecule has 0 radical (unpaired) electrons. The fraction of sp³-hybridized carbons (Fsp3) is 0.200. The highest BCUT2D eigenvalue weighted by Gasteiger charge is 2.17. The van der Waals surface area contributed by atoms with E-state index in [4.69, 9.17) is 5.11 Å². The molecule has 0 saturated carbocycles. The van der Waals surface area contributed by atoms with Gasteiger partial charge in [-0.15, -0.1) is 0 Å². The van der Waals surface area contributed by atoms with Gasteiger partial charge in [-0.3, -0.25) is 4.79 Å². The number of carboxylic acids is 1. The fourth-order valence-electron chi connectivity index (χ4n) is 2.54. The van der Waals surface area contributed by atoms with Crippen LogP contribution in [0.15, 0.2) is 36.5 Å². The minimum absolute atomic E-state index is 0.141. The zero-order valence-corrected chi connectivity index (χ0v) is 10.7. The number of aliphatic carboxylic acids is 1. The van der Waals surface area contributed by atoms with Crippen molar-refractivity contribution in [3.05, 3.63) is 42.2 Å². The second-order valence-corrected chi connectivity index (χ2v) is 4.73. The lowest BCUT2D eigenvalue weighted by molar-refractivity contribution is -0.677. The molecule has 4 nitrogen and oxygen atoms in total. The number of H-pyrrole nitrogens is 1. The first-order valence-corrected chi connectivity index (χ1v) is 6.26. The molecule has 0 unspecified atom stereocenters. The third-order valence-electron chi connectivity index (χ3n) is 3.50. The molecular weight excluding hydrogens is 240 g/mol. The Morgan fingerprint density at radius 3 is 2.84 bits per heavy atom. The molecule has 0 aliphatic carbocycles. The highest BCUT2D eigenvalue weighted by atomic mass is 16.4. The lowest BCUT2D eigenvalue weighted by atomic mass is 10.1. The third kappa shape index (κ3) is 1.95. The van der Waals surface area contributed by atoms with Crippen LogP contribution >= 0.6 is 0 Å². The van der Waals surface area contributed by atoms with Crippen LogP contribution in [0.2, 0.25) is 0 Å². The van der Waals surface area contributed by atoms with E-state index >= 15 is 0 Å². The molecule has 0 fully saturated rings. The standard InChI is InChI=1S/C15H14N2O2/c1-17-9-8-11-10-4-2-3-5-12(10)16-15(11)13(17)6-7-14(18)19/h2-5,8-9H,6-7H2,1H3,(H,18,19)/p+1. The van der Waals surface area contributed by atoms with Gasteiger partial charge in [-0.25, -0.2) is 4.57 Å². The van der Waals surface area contributed by atoms with E-state index in [0.717, 1.165) is 22.1 Å². The van der Waals surface area contributed by atoms with Gasteiger partial charge >= 0.3 is 5.97 Å². The van der Waals surface area contributed by atoms with Crippen LogP contribution in [-0.4, -0.2) is 16.1 Å². The predicted molar refractivity (Wildman–Crippen MR) is 72.9 cm³/mol. The van der Waals surface area contributed by atoms with E-state index in [1.807, 2.05) is 36.0 Å². The van der Waals surface area contributed by atoms with Gasteiger partial charge in [0.2, 0.25) is 5.69 Å². The Bertz CT molecular complexity index is 774. The fourth-order valence-corrected chi connectivity index (χ4v) is 2.54. The average Bonchev–Trinajstić information content (AvgIpc) is 2.75. The van der Waals surface area contributed by atoms with E-state index in [2.05, 4.69) is 17.1 Å². The third-order valence-corrected chi connectivity index (χ3v) is 3.50. The molecule has 0 bridgehead atoms. The van der Waals surface area contributed by atoms with Crippen molar-refractivity contribution in [1.82, 2.24) is 4.98 Å². The first kappa shape index (κ1) is 11.7. The minimum atomic E-state index is -0.770. The number of aromatic nitrogens is 2. The van der Waals surface area contributed by atoms with Gasteiger partial charge in [-0.1, -0.05) is 18.2 Å². The zero-order chi connectivity index (χ0) is 13.4. The number of carbonyl (C=O) groups is 1. The number of nitrogens with one attached hydrogen (secondary N) is 1. The van der Waals surface area contributed by atoms with Gasteiger partial charge in [0.25, 0.3) is 0 Å². The van der Waals surface area contributed by atoms with Gasteiger partial charge in [0.1, 0.15) is 12.6 Å². The normalized spacial score (nSPS) is 11.2. The summed E-state index contributed by atoms with van der Waals surface area (Å²) in [6.45, 7) is 0. The van der Waals surface area contributed by atoms with Crippen molar-refractivity contribution in [2.45, 2.75) is 12.8 Å². The molecule has 0 atom stereocenters. The SMILES string of the molecule is C[n+]1ccc2c([nH]c3ccccc32)c1CCC(=O)O. The monoisotopic (exact) mass is 255 g/mol. The number of hydrogen-bond acceptors (Lipinski definition) is 1. The number of pyridine rings is 1. The summed E-state index contributed by atoms with van der Waals surface area (Å²) >= 11 is 0. The molecule has 1 aromatic carbocycles. The van der Waals surface area contributed by atoms with Gasteiger partial charge in [0.05, 0.1) is 6.42 Å². The van der Waals surface area contributed by atoms with Crippen molar-refractivity contribution in [3.63, 3.8) is 0 Å². The molecule has 3 rings (SSSR count). The Morgan fingerprint density at radius 2 is 2.05 bits per heavy atom. The summed E-state index contributed by atoms with van der Waals surface area (Å²) in [6.07, 6.45) is 2.65. The van der Waals surface area contributed by atoms with Crippen LogP contribution in [0.4, 0.5) is 0 Å². The first-order valence-electron chi connectivity index (χ1n) is 6.26. The number of rotatable bonds is 3. The maximum atomic E-state index is 10.8. The Hall–Kier alpha value is -2.36. The number of fused-ring (bicyclic) bond motifs is 3. The molecule has 2 heterocycles. The van der Waals surface area contributed by atoms with E-state index in [-0.39, 0.29) is 6.42 Å². The van der Waals surface area contributed by atoms with Crippen LogP contribution in [0, 0.1) is 0 Å². The molecule has 0 aliphatic heterocycles. The zero-order valence-electron chi connectivity index (χ0n) is 10.7. The van der Waals surface area contributed by atoms with Gasteiger partial charge < -0.3 is 10.1 Å². The average molecular weight is 255 g/mol. The minimum Gasteiger partial charge on any atom is -0.481 e. The Balaban J connectivity index is 2.24. The van der Waals surface area contributed by atoms with E-state index in [1.54, 1.807) is 0 Å². The van der Waals surface area contributed by atoms with Gasteiger partial charge in [-0.05, 0) is 6.07 Å². The van der Waals surface area contributed by atoms with Crippen molar-refractivity contribution in [3.8, 4) is 0 Å². The molecule has 2 aromatic heterocycles. The van der Waals surface area contributed by atoms with Crippen LogP contribution in [-0.2, 0) is 18.3 Å². The Labute approximate surface area is 110 Å². The van der Waals surface area contributed by atoms with Crippen molar-refractivity contribution < 1.29 is 14.5 Å². The molecule has 96 valence electrons. The summed E-state index contributed by atoms with van der Waals surface area (Å²) in [6, 6.07) is 10.2. The highest BCUT2D eigenvalue weighted by molar-refractivity contribution is 6.07. The van der Waals surface area contributed by atoms with Crippen molar-refractivity contribution in [2.75, 3.05) is 0 Å². The quantitative estimate of drug-likeness (QED) is 0.705. The molecule has 0 amide bonds. The predicted octanol–water partition coefficient (Wildman–Crippen LogP) is 2.16. The first-order chi connectivity index (χ1) is 9.16. The molecule has 2 N–H and O–H groups in total. The Kier molecular flexibility index (Phi) is 2.71. The number of nitrogens with zero attached hydrogens (tertiary/aromatic N) is 1. The number of aromatic amines is 1. The lowest BCUT2D eigenvalue weighted by Crippen LogP contribution is -2.33. The van der Waals surface area contributed by atoms with Gasteiger partial charge in [0, 0.05) is 28.8 Å².